The monoisotopic (exact) mass is 451 g/mol. The number of benzene rings is 2. The average molecular weight is 452 g/mol. The van der Waals surface area contributed by atoms with Crippen molar-refractivity contribution in [3.8, 4) is 17.2 Å². The van der Waals surface area contributed by atoms with E-state index >= 15 is 0 Å². The van der Waals surface area contributed by atoms with E-state index in [0.29, 0.717) is 30.3 Å². The number of aryl methyl sites for hydroxylation is 1. The van der Waals surface area contributed by atoms with Crippen LogP contribution in [-0.2, 0) is 20.1 Å². The first-order valence-corrected chi connectivity index (χ1v) is 11.0. The van der Waals surface area contributed by atoms with Gasteiger partial charge in [0.15, 0.2) is 0 Å². The molecule has 1 aromatic heterocycles. The SMILES string of the molecule is COc1ccc(CN(Cc2cccc(OC)c2C)C(=O)c2cc(C(C)C)nn2C)c(OC)c1. The predicted molar refractivity (Wildman–Crippen MR) is 128 cm³/mol. The standard InChI is InChI=1S/C26H33N3O4/c1-17(2)22-14-23(28(4)27-22)26(30)29(15-19-9-8-10-24(32-6)18(19)3)16-20-11-12-21(31-5)13-25(20)33-7/h8-14,17H,15-16H2,1-7H3. The quantitative estimate of drug-likeness (QED) is 0.471. The smallest absolute Gasteiger partial charge is 0.272 e. The molecule has 0 saturated heterocycles. The Labute approximate surface area is 195 Å². The van der Waals surface area contributed by atoms with Crippen molar-refractivity contribution in [1.29, 1.82) is 0 Å². The van der Waals surface area contributed by atoms with Crippen LogP contribution in [0, 0.1) is 6.92 Å². The summed E-state index contributed by atoms with van der Waals surface area (Å²) in [5.41, 5.74) is 4.35. The van der Waals surface area contributed by atoms with Gasteiger partial charge < -0.3 is 19.1 Å². The van der Waals surface area contributed by atoms with Gasteiger partial charge in [0.05, 0.1) is 33.6 Å². The third kappa shape index (κ3) is 5.30. The lowest BCUT2D eigenvalue weighted by molar-refractivity contribution is 0.0717. The Bertz CT molecular complexity index is 1120. The van der Waals surface area contributed by atoms with Crippen molar-refractivity contribution in [2.75, 3.05) is 21.3 Å². The topological polar surface area (TPSA) is 65.8 Å². The second-order valence-electron chi connectivity index (χ2n) is 8.32. The number of carbonyl (C=O) groups excluding carboxylic acids is 1. The van der Waals surface area contributed by atoms with Crippen LogP contribution >= 0.6 is 0 Å². The highest BCUT2D eigenvalue weighted by atomic mass is 16.5. The molecule has 0 saturated carbocycles. The number of nitrogens with zero attached hydrogens (tertiary/aromatic N) is 3. The summed E-state index contributed by atoms with van der Waals surface area (Å²) in [5, 5.41) is 4.54. The van der Waals surface area contributed by atoms with E-state index in [4.69, 9.17) is 14.2 Å². The summed E-state index contributed by atoms with van der Waals surface area (Å²) in [7, 11) is 6.69. The molecule has 3 aromatic rings. The fourth-order valence-electron chi connectivity index (χ4n) is 3.78. The fraction of sp³-hybridized carbons (Fsp3) is 0.385. The number of amides is 1. The zero-order chi connectivity index (χ0) is 24.1. The summed E-state index contributed by atoms with van der Waals surface area (Å²) >= 11 is 0. The van der Waals surface area contributed by atoms with Crippen LogP contribution in [0.4, 0.5) is 0 Å². The fourth-order valence-corrected chi connectivity index (χ4v) is 3.78. The van der Waals surface area contributed by atoms with E-state index in [1.54, 1.807) is 26.0 Å². The van der Waals surface area contributed by atoms with E-state index < -0.39 is 0 Å². The van der Waals surface area contributed by atoms with Gasteiger partial charge in [0.1, 0.15) is 22.9 Å². The van der Waals surface area contributed by atoms with Crippen LogP contribution in [0.5, 0.6) is 17.2 Å². The minimum absolute atomic E-state index is 0.100. The van der Waals surface area contributed by atoms with Crippen molar-refractivity contribution >= 4 is 5.91 Å². The number of methoxy groups -OCH3 is 3. The van der Waals surface area contributed by atoms with Crippen LogP contribution < -0.4 is 14.2 Å². The summed E-state index contributed by atoms with van der Waals surface area (Å²) in [4.78, 5) is 15.6. The summed E-state index contributed by atoms with van der Waals surface area (Å²) in [6.07, 6.45) is 0. The molecule has 0 atom stereocenters. The van der Waals surface area contributed by atoms with Crippen molar-refractivity contribution in [1.82, 2.24) is 14.7 Å². The van der Waals surface area contributed by atoms with E-state index in [2.05, 4.69) is 18.9 Å². The van der Waals surface area contributed by atoms with E-state index in [1.807, 2.05) is 61.3 Å². The molecule has 1 amide bonds. The molecule has 0 N–H and O–H groups in total. The van der Waals surface area contributed by atoms with Gasteiger partial charge in [0.25, 0.3) is 5.91 Å². The van der Waals surface area contributed by atoms with Crippen molar-refractivity contribution in [2.24, 2.45) is 7.05 Å². The Morgan fingerprint density at radius 1 is 0.970 bits per heavy atom. The number of hydrogen-bond acceptors (Lipinski definition) is 5. The Kier molecular flexibility index (Phi) is 7.63. The lowest BCUT2D eigenvalue weighted by Crippen LogP contribution is -2.32. The summed E-state index contributed by atoms with van der Waals surface area (Å²) in [5.74, 6) is 2.29. The molecule has 0 spiro atoms. The molecule has 0 unspecified atom stereocenters. The second-order valence-corrected chi connectivity index (χ2v) is 8.32. The van der Waals surface area contributed by atoms with Crippen LogP contribution in [0.25, 0.3) is 0 Å². The van der Waals surface area contributed by atoms with Gasteiger partial charge in [-0.2, -0.15) is 5.10 Å². The van der Waals surface area contributed by atoms with Gasteiger partial charge in [-0.3, -0.25) is 9.48 Å². The molecular formula is C26H33N3O4. The van der Waals surface area contributed by atoms with Crippen molar-refractivity contribution in [2.45, 2.75) is 39.8 Å². The minimum Gasteiger partial charge on any atom is -0.497 e. The highest BCUT2D eigenvalue weighted by molar-refractivity contribution is 5.92. The number of rotatable bonds is 9. The van der Waals surface area contributed by atoms with Crippen molar-refractivity contribution < 1.29 is 19.0 Å². The molecular weight excluding hydrogens is 418 g/mol. The van der Waals surface area contributed by atoms with Gasteiger partial charge in [-0.15, -0.1) is 0 Å². The van der Waals surface area contributed by atoms with E-state index in [9.17, 15) is 4.79 Å². The Balaban J connectivity index is 2.02. The first-order chi connectivity index (χ1) is 15.8. The van der Waals surface area contributed by atoms with Crippen LogP contribution in [0.15, 0.2) is 42.5 Å². The van der Waals surface area contributed by atoms with E-state index in [1.165, 1.54) is 0 Å². The molecule has 0 aliphatic heterocycles. The van der Waals surface area contributed by atoms with Gasteiger partial charge >= 0.3 is 0 Å². The average Bonchev–Trinajstić information content (AvgIpc) is 3.21. The number of aromatic nitrogens is 2. The summed E-state index contributed by atoms with van der Waals surface area (Å²) in [6, 6.07) is 13.4. The van der Waals surface area contributed by atoms with Gasteiger partial charge in [-0.05, 0) is 48.2 Å². The predicted octanol–water partition coefficient (Wildman–Crippen LogP) is 4.72. The maximum absolute atomic E-state index is 13.8. The zero-order valence-corrected chi connectivity index (χ0v) is 20.5. The lowest BCUT2D eigenvalue weighted by atomic mass is 10.1. The number of hydrogen-bond donors (Lipinski definition) is 0. The number of carbonyl (C=O) groups is 1. The molecule has 176 valence electrons. The van der Waals surface area contributed by atoms with Crippen LogP contribution in [0.1, 0.15) is 52.6 Å². The molecule has 1 heterocycles. The molecule has 7 nitrogen and oxygen atoms in total. The molecule has 0 fully saturated rings. The van der Waals surface area contributed by atoms with E-state index in [0.717, 1.165) is 28.1 Å². The summed E-state index contributed by atoms with van der Waals surface area (Å²) < 4.78 is 18.1. The maximum Gasteiger partial charge on any atom is 0.272 e. The van der Waals surface area contributed by atoms with Gasteiger partial charge in [-0.25, -0.2) is 0 Å². The first kappa shape index (κ1) is 24.2. The highest BCUT2D eigenvalue weighted by Crippen LogP contribution is 2.29. The maximum atomic E-state index is 13.8. The largest absolute Gasteiger partial charge is 0.497 e. The van der Waals surface area contributed by atoms with Crippen LogP contribution in [-0.4, -0.2) is 41.9 Å². The van der Waals surface area contributed by atoms with Gasteiger partial charge in [0.2, 0.25) is 0 Å². The Morgan fingerprint density at radius 2 is 1.67 bits per heavy atom. The van der Waals surface area contributed by atoms with Gasteiger partial charge in [-0.1, -0.05) is 26.0 Å². The molecule has 0 radical (unpaired) electrons. The van der Waals surface area contributed by atoms with Gasteiger partial charge in [0, 0.05) is 25.2 Å². The molecule has 0 bridgehead atoms. The Hall–Kier alpha value is -3.48. The lowest BCUT2D eigenvalue weighted by Gasteiger charge is -2.25. The molecule has 0 aliphatic carbocycles. The highest BCUT2D eigenvalue weighted by Gasteiger charge is 2.24. The van der Waals surface area contributed by atoms with Crippen molar-refractivity contribution in [3.05, 3.63) is 70.5 Å². The Morgan fingerprint density at radius 3 is 2.27 bits per heavy atom. The number of ether oxygens (including phenoxy) is 3. The van der Waals surface area contributed by atoms with Crippen LogP contribution in [0.3, 0.4) is 0 Å². The normalized spacial score (nSPS) is 10.9. The van der Waals surface area contributed by atoms with Crippen LogP contribution in [0.2, 0.25) is 0 Å². The molecule has 2 aromatic carbocycles. The third-order valence-corrected chi connectivity index (χ3v) is 5.83. The molecule has 3 rings (SSSR count). The van der Waals surface area contributed by atoms with E-state index in [-0.39, 0.29) is 11.8 Å². The molecule has 0 aliphatic rings. The molecule has 7 heteroatoms. The third-order valence-electron chi connectivity index (χ3n) is 5.83. The first-order valence-electron chi connectivity index (χ1n) is 11.0. The summed E-state index contributed by atoms with van der Waals surface area (Å²) in [6.45, 7) is 6.92. The minimum atomic E-state index is -0.100. The second kappa shape index (κ2) is 10.4. The van der Waals surface area contributed by atoms with Crippen molar-refractivity contribution in [3.63, 3.8) is 0 Å². The zero-order valence-electron chi connectivity index (χ0n) is 20.5. The molecule has 33 heavy (non-hydrogen) atoms.